The van der Waals surface area contributed by atoms with E-state index >= 15 is 0 Å². The molecule has 1 aliphatic carbocycles. The van der Waals surface area contributed by atoms with Gasteiger partial charge in [0, 0.05) is 0 Å². The van der Waals surface area contributed by atoms with Gasteiger partial charge in [0.05, 0.1) is 5.92 Å². The number of carboxylic acids is 1. The third-order valence-corrected chi connectivity index (χ3v) is 4.81. The summed E-state index contributed by atoms with van der Waals surface area (Å²) >= 11 is 0. The molecule has 116 valence electrons. The minimum atomic E-state index is -0.684. The molecule has 1 aliphatic rings. The molecule has 1 N–H and O–H groups in total. The molecule has 2 nitrogen and oxygen atoms in total. The van der Waals surface area contributed by atoms with Crippen LogP contribution in [0.4, 0.5) is 0 Å². The van der Waals surface area contributed by atoms with Crippen molar-refractivity contribution in [2.45, 2.75) is 76.5 Å². The van der Waals surface area contributed by atoms with Gasteiger partial charge in [-0.05, 0) is 36.3 Å². The van der Waals surface area contributed by atoms with Gasteiger partial charge < -0.3 is 5.11 Å². The molecule has 0 amide bonds. The number of hydrogen-bond acceptors (Lipinski definition) is 1. The zero-order valence-corrected chi connectivity index (χ0v) is 13.2. The van der Waals surface area contributed by atoms with Crippen molar-refractivity contribution < 1.29 is 9.90 Å². The Morgan fingerprint density at radius 3 is 2.38 bits per heavy atom. The summed E-state index contributed by atoms with van der Waals surface area (Å²) in [6.45, 7) is 2.15. The maximum absolute atomic E-state index is 11.5. The zero-order chi connectivity index (χ0) is 15.1. The van der Waals surface area contributed by atoms with Crippen molar-refractivity contribution in [1.82, 2.24) is 0 Å². The number of carboxylic acid groups (broad SMARTS) is 1. The van der Waals surface area contributed by atoms with E-state index in [0.29, 0.717) is 5.92 Å². The van der Waals surface area contributed by atoms with Crippen molar-refractivity contribution in [2.75, 3.05) is 0 Å². The maximum atomic E-state index is 11.5. The van der Waals surface area contributed by atoms with Crippen molar-refractivity contribution in [3.63, 3.8) is 0 Å². The van der Waals surface area contributed by atoms with Crippen LogP contribution in [0.3, 0.4) is 0 Å². The van der Waals surface area contributed by atoms with Crippen LogP contribution in [-0.4, -0.2) is 11.1 Å². The topological polar surface area (TPSA) is 37.3 Å². The average molecular weight is 288 g/mol. The first kappa shape index (κ1) is 16.1. The molecule has 1 saturated carbocycles. The van der Waals surface area contributed by atoms with E-state index < -0.39 is 5.97 Å². The van der Waals surface area contributed by atoms with E-state index in [1.807, 2.05) is 0 Å². The van der Waals surface area contributed by atoms with Gasteiger partial charge in [-0.1, -0.05) is 69.7 Å². The smallest absolute Gasteiger partial charge is 0.310 e. The molecular weight excluding hydrogens is 260 g/mol. The Labute approximate surface area is 128 Å². The number of aliphatic carboxylic acids is 1. The zero-order valence-electron chi connectivity index (χ0n) is 13.2. The number of carbonyl (C=O) groups is 1. The summed E-state index contributed by atoms with van der Waals surface area (Å²) in [5.41, 5.74) is 2.37. The van der Waals surface area contributed by atoms with Gasteiger partial charge in [0.25, 0.3) is 0 Å². The molecule has 1 atom stereocenters. The van der Waals surface area contributed by atoms with Crippen LogP contribution in [0, 0.1) is 0 Å². The molecule has 2 heteroatoms. The van der Waals surface area contributed by atoms with E-state index in [1.54, 1.807) is 0 Å². The Morgan fingerprint density at radius 1 is 1.14 bits per heavy atom. The van der Waals surface area contributed by atoms with Crippen molar-refractivity contribution in [1.29, 1.82) is 0 Å². The number of rotatable bonds is 7. The second-order valence-corrected chi connectivity index (χ2v) is 6.39. The van der Waals surface area contributed by atoms with Crippen molar-refractivity contribution in [2.24, 2.45) is 0 Å². The first-order valence-corrected chi connectivity index (χ1v) is 8.55. The molecule has 0 spiro atoms. The molecule has 21 heavy (non-hydrogen) atoms. The lowest BCUT2D eigenvalue weighted by Crippen LogP contribution is -2.12. The molecule has 2 rings (SSSR count). The van der Waals surface area contributed by atoms with Crippen LogP contribution in [0.5, 0.6) is 0 Å². The quantitative estimate of drug-likeness (QED) is 0.674. The normalized spacial score (nSPS) is 17.6. The van der Waals surface area contributed by atoms with Gasteiger partial charge in [-0.15, -0.1) is 0 Å². The second kappa shape index (κ2) is 8.21. The summed E-state index contributed by atoms with van der Waals surface area (Å²) in [4.78, 5) is 11.5. The lowest BCUT2D eigenvalue weighted by molar-refractivity contribution is -0.139. The first-order valence-electron chi connectivity index (χ1n) is 8.55. The van der Waals surface area contributed by atoms with E-state index in [4.69, 9.17) is 0 Å². The predicted molar refractivity (Wildman–Crippen MR) is 86.8 cm³/mol. The summed E-state index contributed by atoms with van der Waals surface area (Å²) in [6.07, 6.45) is 10.6. The van der Waals surface area contributed by atoms with Gasteiger partial charge in [0.1, 0.15) is 0 Å². The van der Waals surface area contributed by atoms with Crippen LogP contribution in [0.2, 0.25) is 0 Å². The SMILES string of the molecule is CCCCCC(C(=O)O)c1ccc(C2CCCCC2)cc1. The van der Waals surface area contributed by atoms with E-state index in [9.17, 15) is 9.90 Å². The summed E-state index contributed by atoms with van der Waals surface area (Å²) in [7, 11) is 0. The highest BCUT2D eigenvalue weighted by Gasteiger charge is 2.20. The third kappa shape index (κ3) is 4.59. The van der Waals surface area contributed by atoms with Crippen LogP contribution in [0.15, 0.2) is 24.3 Å². The molecule has 0 radical (unpaired) electrons. The molecule has 0 heterocycles. The third-order valence-electron chi connectivity index (χ3n) is 4.81. The van der Waals surface area contributed by atoms with Crippen LogP contribution in [0.25, 0.3) is 0 Å². The highest BCUT2D eigenvalue weighted by atomic mass is 16.4. The predicted octanol–water partition coefficient (Wildman–Crippen LogP) is 5.48. The Balaban J connectivity index is 2.02. The minimum Gasteiger partial charge on any atom is -0.481 e. The Kier molecular flexibility index (Phi) is 6.28. The van der Waals surface area contributed by atoms with E-state index in [0.717, 1.165) is 31.2 Å². The number of hydrogen-bond donors (Lipinski definition) is 1. The fourth-order valence-electron chi connectivity index (χ4n) is 3.47. The van der Waals surface area contributed by atoms with E-state index in [2.05, 4.69) is 31.2 Å². The molecule has 0 saturated heterocycles. The van der Waals surface area contributed by atoms with Crippen molar-refractivity contribution >= 4 is 5.97 Å². The molecule has 0 aliphatic heterocycles. The van der Waals surface area contributed by atoms with Gasteiger partial charge in [-0.3, -0.25) is 4.79 Å². The monoisotopic (exact) mass is 288 g/mol. The Hall–Kier alpha value is -1.31. The molecule has 1 aromatic carbocycles. The molecule has 0 bridgehead atoms. The lowest BCUT2D eigenvalue weighted by atomic mass is 9.83. The maximum Gasteiger partial charge on any atom is 0.310 e. The van der Waals surface area contributed by atoms with Gasteiger partial charge in [-0.2, -0.15) is 0 Å². The molecule has 1 aromatic rings. The summed E-state index contributed by atoms with van der Waals surface area (Å²) in [5.74, 6) is -0.329. The minimum absolute atomic E-state index is 0.336. The largest absolute Gasteiger partial charge is 0.481 e. The molecule has 1 fully saturated rings. The highest BCUT2D eigenvalue weighted by Crippen LogP contribution is 2.33. The van der Waals surface area contributed by atoms with Gasteiger partial charge in [-0.25, -0.2) is 0 Å². The summed E-state index contributed by atoms with van der Waals surface area (Å²) in [6, 6.07) is 8.44. The summed E-state index contributed by atoms with van der Waals surface area (Å²) < 4.78 is 0. The van der Waals surface area contributed by atoms with Crippen LogP contribution in [-0.2, 0) is 4.79 Å². The van der Waals surface area contributed by atoms with Gasteiger partial charge in [0.2, 0.25) is 0 Å². The highest BCUT2D eigenvalue weighted by molar-refractivity contribution is 5.76. The molecule has 0 aromatic heterocycles. The van der Waals surface area contributed by atoms with Crippen LogP contribution < -0.4 is 0 Å². The second-order valence-electron chi connectivity index (χ2n) is 6.39. The van der Waals surface area contributed by atoms with Crippen molar-refractivity contribution in [3.8, 4) is 0 Å². The summed E-state index contributed by atoms with van der Waals surface area (Å²) in [5, 5.41) is 9.44. The number of benzene rings is 1. The van der Waals surface area contributed by atoms with Crippen LogP contribution >= 0.6 is 0 Å². The lowest BCUT2D eigenvalue weighted by Gasteiger charge is -2.22. The van der Waals surface area contributed by atoms with Gasteiger partial charge >= 0.3 is 5.97 Å². The average Bonchev–Trinajstić information content (AvgIpc) is 2.52. The van der Waals surface area contributed by atoms with E-state index in [-0.39, 0.29) is 5.92 Å². The van der Waals surface area contributed by atoms with Crippen molar-refractivity contribution in [3.05, 3.63) is 35.4 Å². The fraction of sp³-hybridized carbons (Fsp3) is 0.632. The number of unbranched alkanes of at least 4 members (excludes halogenated alkanes) is 2. The fourth-order valence-corrected chi connectivity index (χ4v) is 3.47. The standard InChI is InChI=1S/C19H28O2/c1-2-3-5-10-18(19(20)21)17-13-11-16(12-14-17)15-8-6-4-7-9-15/h11-15,18H,2-10H2,1H3,(H,20,21). The first-order chi connectivity index (χ1) is 10.2. The van der Waals surface area contributed by atoms with E-state index in [1.165, 1.54) is 37.7 Å². The Morgan fingerprint density at radius 2 is 1.81 bits per heavy atom. The van der Waals surface area contributed by atoms with Gasteiger partial charge in [0.15, 0.2) is 0 Å². The Bertz CT molecular complexity index is 429. The molecule has 1 unspecified atom stereocenters. The molecular formula is C19H28O2. The van der Waals surface area contributed by atoms with Crippen LogP contribution in [0.1, 0.15) is 87.7 Å².